The van der Waals surface area contributed by atoms with Gasteiger partial charge >= 0.3 is 0 Å². The summed E-state index contributed by atoms with van der Waals surface area (Å²) < 4.78 is 0. The number of hydrogen-bond donors (Lipinski definition) is 1. The molecule has 0 unspecified atom stereocenters. The zero-order valence-electron chi connectivity index (χ0n) is 19.1. The average molecular weight is 390 g/mol. The van der Waals surface area contributed by atoms with Crippen LogP contribution in [0.1, 0.15) is 57.5 Å². The standard InChI is InChI=1S/2C7H8.C5H6S.3C2H6.H3N/c2*1-7-5-3-2-4-6-7;1-5-3-2-4-6-5;3*1-2;/h2*2-6H,1H3;2-4H,1H3;3*1-2H3;1H3. The van der Waals surface area contributed by atoms with Crippen LogP contribution in [0.5, 0.6) is 0 Å². The van der Waals surface area contributed by atoms with Gasteiger partial charge in [0.15, 0.2) is 0 Å². The van der Waals surface area contributed by atoms with E-state index in [2.05, 4.69) is 62.5 Å². The Morgan fingerprint density at radius 1 is 0.481 bits per heavy atom. The second-order valence-corrected chi connectivity index (χ2v) is 5.68. The van der Waals surface area contributed by atoms with Crippen LogP contribution < -0.4 is 6.15 Å². The van der Waals surface area contributed by atoms with E-state index in [1.165, 1.54) is 16.0 Å². The highest BCUT2D eigenvalue weighted by Crippen LogP contribution is 2.03. The second-order valence-electron chi connectivity index (χ2n) is 4.53. The first-order valence-electron chi connectivity index (χ1n) is 9.72. The first-order valence-corrected chi connectivity index (χ1v) is 10.6. The van der Waals surface area contributed by atoms with Crippen molar-refractivity contribution in [3.05, 3.63) is 94.2 Å². The van der Waals surface area contributed by atoms with Crippen LogP contribution in [0, 0.1) is 20.8 Å². The monoisotopic (exact) mass is 389 g/mol. The molecule has 1 aromatic heterocycles. The topological polar surface area (TPSA) is 35.0 Å². The normalized spacial score (nSPS) is 7.15. The largest absolute Gasteiger partial charge is 0.344 e. The lowest BCUT2D eigenvalue weighted by molar-refractivity contribution is 1.48. The van der Waals surface area contributed by atoms with Crippen LogP contribution in [0.25, 0.3) is 0 Å². The maximum absolute atomic E-state index is 2.10. The predicted molar refractivity (Wildman–Crippen MR) is 130 cm³/mol. The van der Waals surface area contributed by atoms with Crippen molar-refractivity contribution in [1.29, 1.82) is 0 Å². The third-order valence-electron chi connectivity index (χ3n) is 2.54. The molecule has 0 amide bonds. The molecule has 0 aliphatic rings. The van der Waals surface area contributed by atoms with Crippen molar-refractivity contribution in [2.75, 3.05) is 0 Å². The van der Waals surface area contributed by atoms with Gasteiger partial charge in [-0.1, -0.05) is 119 Å². The molecule has 0 spiro atoms. The van der Waals surface area contributed by atoms with Gasteiger partial charge in [0, 0.05) is 4.88 Å². The van der Waals surface area contributed by atoms with E-state index in [-0.39, 0.29) is 6.15 Å². The Hall–Kier alpha value is -1.90. The minimum atomic E-state index is 0. The van der Waals surface area contributed by atoms with E-state index in [0.29, 0.717) is 0 Å². The summed E-state index contributed by atoms with van der Waals surface area (Å²) in [5.41, 5.74) is 2.64. The Balaban J connectivity index is -0.000000127. The maximum Gasteiger partial charge on any atom is 0.00141 e. The highest BCUT2D eigenvalue weighted by molar-refractivity contribution is 7.09. The number of thiophene rings is 1. The molecule has 2 heteroatoms. The Morgan fingerprint density at radius 2 is 0.815 bits per heavy atom. The van der Waals surface area contributed by atoms with Gasteiger partial charge in [0.25, 0.3) is 0 Å². The smallest absolute Gasteiger partial charge is 0.00141 e. The van der Waals surface area contributed by atoms with Crippen molar-refractivity contribution in [3.63, 3.8) is 0 Å². The SMILES string of the molecule is CC.CC.CC.Cc1ccccc1.Cc1ccccc1.Cc1cccs1.N. The lowest BCUT2D eigenvalue weighted by Crippen LogP contribution is -1.62. The van der Waals surface area contributed by atoms with Crippen molar-refractivity contribution >= 4 is 11.3 Å². The van der Waals surface area contributed by atoms with Crippen LogP contribution >= 0.6 is 11.3 Å². The van der Waals surface area contributed by atoms with Gasteiger partial charge in [-0.05, 0) is 32.2 Å². The molecule has 0 atom stereocenters. The zero-order chi connectivity index (χ0) is 20.6. The van der Waals surface area contributed by atoms with Crippen molar-refractivity contribution < 1.29 is 0 Å². The molecule has 154 valence electrons. The van der Waals surface area contributed by atoms with Gasteiger partial charge in [-0.3, -0.25) is 0 Å². The fourth-order valence-corrected chi connectivity index (χ4v) is 1.96. The fourth-order valence-electron chi connectivity index (χ4n) is 1.43. The molecule has 1 heterocycles. The van der Waals surface area contributed by atoms with Crippen LogP contribution in [0.2, 0.25) is 0 Å². The van der Waals surface area contributed by atoms with E-state index in [1.807, 2.05) is 77.9 Å². The highest BCUT2D eigenvalue weighted by Gasteiger charge is 1.75. The minimum Gasteiger partial charge on any atom is -0.344 e. The van der Waals surface area contributed by atoms with Gasteiger partial charge in [-0.15, -0.1) is 11.3 Å². The molecular formula is C25H43NS. The van der Waals surface area contributed by atoms with Crippen molar-refractivity contribution in [3.8, 4) is 0 Å². The number of aryl methyl sites for hydroxylation is 3. The Labute approximate surface area is 174 Å². The quantitative estimate of drug-likeness (QED) is 0.408. The minimum absolute atomic E-state index is 0. The van der Waals surface area contributed by atoms with Gasteiger partial charge in [-0.25, -0.2) is 0 Å². The van der Waals surface area contributed by atoms with Crippen molar-refractivity contribution in [2.45, 2.75) is 62.3 Å². The molecule has 1 nitrogen and oxygen atoms in total. The highest BCUT2D eigenvalue weighted by atomic mass is 32.1. The third kappa shape index (κ3) is 26.4. The molecule has 27 heavy (non-hydrogen) atoms. The first kappa shape index (κ1) is 32.7. The lowest BCUT2D eigenvalue weighted by Gasteiger charge is -1.82. The molecule has 0 fully saturated rings. The maximum atomic E-state index is 2.10. The van der Waals surface area contributed by atoms with E-state index in [1.54, 1.807) is 11.3 Å². The summed E-state index contributed by atoms with van der Waals surface area (Å²) in [6.07, 6.45) is 0. The van der Waals surface area contributed by atoms with Gasteiger partial charge < -0.3 is 6.15 Å². The first-order chi connectivity index (χ1) is 12.7. The van der Waals surface area contributed by atoms with Crippen molar-refractivity contribution in [2.24, 2.45) is 0 Å². The summed E-state index contributed by atoms with van der Waals surface area (Å²) in [5.74, 6) is 0. The summed E-state index contributed by atoms with van der Waals surface area (Å²) in [6.45, 7) is 18.3. The van der Waals surface area contributed by atoms with E-state index < -0.39 is 0 Å². The number of hydrogen-bond acceptors (Lipinski definition) is 2. The average Bonchev–Trinajstić information content (AvgIpc) is 3.20. The van der Waals surface area contributed by atoms with Gasteiger partial charge in [0.05, 0.1) is 0 Å². The van der Waals surface area contributed by atoms with E-state index in [9.17, 15) is 0 Å². The second kappa shape index (κ2) is 28.9. The molecular weight excluding hydrogens is 346 g/mol. The van der Waals surface area contributed by atoms with E-state index in [0.717, 1.165) is 0 Å². The summed E-state index contributed by atoms with van der Waals surface area (Å²) in [6, 6.07) is 24.7. The van der Waals surface area contributed by atoms with Crippen LogP contribution in [0.3, 0.4) is 0 Å². The molecule has 0 aliphatic heterocycles. The van der Waals surface area contributed by atoms with E-state index in [4.69, 9.17) is 0 Å². The predicted octanol–water partition coefficient (Wildman–Crippen LogP) is 9.29. The van der Waals surface area contributed by atoms with Crippen LogP contribution in [-0.2, 0) is 0 Å². The summed E-state index contributed by atoms with van der Waals surface area (Å²) in [4.78, 5) is 1.38. The van der Waals surface area contributed by atoms with Gasteiger partial charge in [0.1, 0.15) is 0 Å². The molecule has 2 aromatic carbocycles. The van der Waals surface area contributed by atoms with Crippen LogP contribution in [0.4, 0.5) is 0 Å². The fraction of sp³-hybridized carbons (Fsp3) is 0.360. The molecule has 0 saturated carbocycles. The van der Waals surface area contributed by atoms with Crippen LogP contribution in [-0.4, -0.2) is 0 Å². The Kier molecular flexibility index (Phi) is 35.0. The number of rotatable bonds is 0. The van der Waals surface area contributed by atoms with E-state index >= 15 is 0 Å². The van der Waals surface area contributed by atoms with Crippen molar-refractivity contribution in [1.82, 2.24) is 6.15 Å². The molecule has 3 aromatic rings. The molecule has 0 bridgehead atoms. The summed E-state index contributed by atoms with van der Waals surface area (Å²) in [5, 5.41) is 2.08. The molecule has 3 N–H and O–H groups in total. The third-order valence-corrected chi connectivity index (χ3v) is 3.35. The molecule has 0 radical (unpaired) electrons. The zero-order valence-corrected chi connectivity index (χ0v) is 19.9. The number of benzene rings is 2. The summed E-state index contributed by atoms with van der Waals surface area (Å²) in [7, 11) is 0. The molecule has 3 rings (SSSR count). The van der Waals surface area contributed by atoms with Crippen LogP contribution in [0.15, 0.2) is 78.2 Å². The Bertz CT molecular complexity index is 508. The summed E-state index contributed by atoms with van der Waals surface area (Å²) >= 11 is 1.78. The molecule has 0 saturated heterocycles. The lowest BCUT2D eigenvalue weighted by atomic mass is 10.2. The molecule has 0 aliphatic carbocycles. The van der Waals surface area contributed by atoms with Gasteiger partial charge in [0.2, 0.25) is 0 Å². The van der Waals surface area contributed by atoms with Gasteiger partial charge in [-0.2, -0.15) is 0 Å². The Morgan fingerprint density at radius 3 is 0.926 bits per heavy atom.